The zero-order chi connectivity index (χ0) is 26.7. The Labute approximate surface area is 214 Å². The molecule has 0 aliphatic rings. The number of fused-ring (bicyclic) bond motifs is 1. The normalized spacial score (nSPS) is 12.9. The lowest BCUT2D eigenvalue weighted by Gasteiger charge is -2.34. The van der Waals surface area contributed by atoms with E-state index in [0.29, 0.717) is 47.5 Å². The van der Waals surface area contributed by atoms with Crippen LogP contribution in [0.3, 0.4) is 0 Å². The van der Waals surface area contributed by atoms with Crippen molar-refractivity contribution in [1.29, 1.82) is 0 Å². The molecule has 0 bridgehead atoms. The number of methoxy groups -OCH3 is 1. The third kappa shape index (κ3) is 6.51. The van der Waals surface area contributed by atoms with Gasteiger partial charge in [-0.3, -0.25) is 4.98 Å². The van der Waals surface area contributed by atoms with Gasteiger partial charge in [-0.05, 0) is 46.7 Å². The topological polar surface area (TPSA) is 104 Å². The summed E-state index contributed by atoms with van der Waals surface area (Å²) in [5.74, 6) is 1.30. The smallest absolute Gasteiger partial charge is 0.410 e. The zero-order valence-corrected chi connectivity index (χ0v) is 23.8. The van der Waals surface area contributed by atoms with E-state index in [-0.39, 0.29) is 5.54 Å². The van der Waals surface area contributed by atoms with E-state index >= 15 is 0 Å². The molecule has 196 valence electrons. The summed E-state index contributed by atoms with van der Waals surface area (Å²) in [6, 6.07) is 2.78. The molecule has 3 rings (SSSR count). The molecule has 0 saturated carbocycles. The lowest BCUT2D eigenvalue weighted by Crippen LogP contribution is -2.45. The van der Waals surface area contributed by atoms with Crippen LogP contribution < -0.4 is 9.47 Å². The predicted molar refractivity (Wildman–Crippen MR) is 141 cm³/mol. The van der Waals surface area contributed by atoms with Crippen molar-refractivity contribution in [2.75, 3.05) is 20.3 Å². The van der Waals surface area contributed by atoms with Crippen molar-refractivity contribution in [2.45, 2.75) is 71.9 Å². The molecule has 36 heavy (non-hydrogen) atoms. The molecule has 0 aliphatic heterocycles. The summed E-state index contributed by atoms with van der Waals surface area (Å²) < 4.78 is 19.0. The second-order valence-corrected chi connectivity index (χ2v) is 16.5. The number of nitrogens with zero attached hydrogens (tertiary/aromatic N) is 6. The van der Waals surface area contributed by atoms with E-state index in [4.69, 9.17) is 14.2 Å². The average Bonchev–Trinajstić information content (AvgIpc) is 3.26. The first-order chi connectivity index (χ1) is 16.8. The van der Waals surface area contributed by atoms with Crippen molar-refractivity contribution in [1.82, 2.24) is 29.5 Å². The Morgan fingerprint density at radius 3 is 2.56 bits per heavy atom. The lowest BCUT2D eigenvalue weighted by molar-refractivity contribution is 0.0433. The van der Waals surface area contributed by atoms with Crippen molar-refractivity contribution in [2.24, 2.45) is 0 Å². The monoisotopic (exact) mass is 514 g/mol. The molecule has 0 spiro atoms. The van der Waals surface area contributed by atoms with Crippen molar-refractivity contribution in [3.05, 3.63) is 30.4 Å². The first-order valence-corrected chi connectivity index (χ1v) is 15.9. The quantitative estimate of drug-likeness (QED) is 0.358. The van der Waals surface area contributed by atoms with Crippen LogP contribution in [0, 0.1) is 0 Å². The molecule has 3 aromatic heterocycles. The van der Waals surface area contributed by atoms with E-state index in [0.717, 1.165) is 6.04 Å². The lowest BCUT2D eigenvalue weighted by atomic mass is 10.1. The first kappa shape index (κ1) is 27.4. The van der Waals surface area contributed by atoms with Crippen LogP contribution in [0.4, 0.5) is 4.79 Å². The van der Waals surface area contributed by atoms with Gasteiger partial charge in [0.1, 0.15) is 11.9 Å². The Bertz CT molecular complexity index is 1200. The number of carbonyl (C=O) groups excluding carboxylic acids is 1. The summed E-state index contributed by atoms with van der Waals surface area (Å²) in [6.07, 6.45) is 4.00. The summed E-state index contributed by atoms with van der Waals surface area (Å²) in [6.45, 7) is 17.6. The third-order valence-corrected chi connectivity index (χ3v) is 7.41. The fourth-order valence-corrected chi connectivity index (χ4v) is 4.35. The number of carbonyl (C=O) groups is 1. The van der Waals surface area contributed by atoms with E-state index in [2.05, 4.69) is 39.7 Å². The molecule has 0 N–H and O–H groups in total. The highest BCUT2D eigenvalue weighted by molar-refractivity contribution is 6.76. The molecule has 0 unspecified atom stereocenters. The van der Waals surface area contributed by atoms with Gasteiger partial charge in [-0.1, -0.05) is 19.6 Å². The number of hydrogen-bond donors (Lipinski definition) is 0. The van der Waals surface area contributed by atoms with E-state index in [1.807, 2.05) is 27.7 Å². The van der Waals surface area contributed by atoms with E-state index < -0.39 is 20.3 Å². The minimum absolute atomic E-state index is 0.357. The second kappa shape index (κ2) is 10.8. The Balaban J connectivity index is 1.94. The molecule has 0 fully saturated rings. The largest absolute Gasteiger partial charge is 0.494 e. The molecule has 3 heterocycles. The van der Waals surface area contributed by atoms with E-state index in [9.17, 15) is 4.79 Å². The maximum Gasteiger partial charge on any atom is 0.410 e. The van der Waals surface area contributed by atoms with Crippen molar-refractivity contribution in [3.8, 4) is 23.0 Å². The van der Waals surface area contributed by atoms with Crippen molar-refractivity contribution < 1.29 is 19.0 Å². The van der Waals surface area contributed by atoms with Crippen LogP contribution in [0.5, 0.6) is 11.6 Å². The summed E-state index contributed by atoms with van der Waals surface area (Å²) in [4.78, 5) is 28.0. The van der Waals surface area contributed by atoms with Crippen LogP contribution in [-0.2, 0) is 4.74 Å². The molecule has 1 atom stereocenters. The molecule has 3 aromatic rings. The van der Waals surface area contributed by atoms with Gasteiger partial charge in [0.25, 0.3) is 5.88 Å². The highest BCUT2D eigenvalue weighted by atomic mass is 28.3. The van der Waals surface area contributed by atoms with Gasteiger partial charge < -0.3 is 19.1 Å². The van der Waals surface area contributed by atoms with Crippen LogP contribution in [0.25, 0.3) is 17.0 Å². The number of pyridine rings is 1. The van der Waals surface area contributed by atoms with Gasteiger partial charge in [0.15, 0.2) is 5.82 Å². The predicted octanol–water partition coefficient (Wildman–Crippen LogP) is 5.23. The van der Waals surface area contributed by atoms with Crippen LogP contribution in [-0.4, -0.2) is 69.4 Å². The molecule has 0 saturated heterocycles. The van der Waals surface area contributed by atoms with Gasteiger partial charge in [0, 0.05) is 32.6 Å². The molecule has 0 aromatic carbocycles. The molecule has 10 nitrogen and oxygen atoms in total. The van der Waals surface area contributed by atoms with E-state index in [1.165, 1.54) is 0 Å². The van der Waals surface area contributed by atoms with Crippen LogP contribution >= 0.6 is 0 Å². The van der Waals surface area contributed by atoms with Gasteiger partial charge in [-0.15, -0.1) is 5.10 Å². The number of hydrogen-bond acceptors (Lipinski definition) is 8. The Hall–Kier alpha value is -3.21. The maximum absolute atomic E-state index is 12.8. The Morgan fingerprint density at radius 2 is 1.94 bits per heavy atom. The second-order valence-electron chi connectivity index (χ2n) is 10.8. The van der Waals surface area contributed by atoms with E-state index in [1.54, 1.807) is 48.1 Å². The molecule has 1 amide bonds. The Kier molecular flexibility index (Phi) is 8.22. The highest BCUT2D eigenvalue weighted by Crippen LogP contribution is 2.32. The minimum atomic E-state index is -1.28. The molecular formula is C25H38N6O4Si. The molecular weight excluding hydrogens is 476 g/mol. The number of imidazole rings is 1. The summed E-state index contributed by atoms with van der Waals surface area (Å²) in [7, 11) is 0.283. The molecule has 0 aliphatic carbocycles. The van der Waals surface area contributed by atoms with Gasteiger partial charge >= 0.3 is 6.09 Å². The standard InChI is InChI=1S/C25H38N6O4Si/c1-10-30(25(3,4)5)24(32)35-17(2)19-15-18(20(33-6)16-27-19)21-28-23(34-13-14-36(7,8)9)22-26-11-12-31(22)29-21/h11-12,15-17H,10,13-14H2,1-9H3/t17-/m1/s1. The van der Waals surface area contributed by atoms with Gasteiger partial charge in [0.2, 0.25) is 5.65 Å². The number of rotatable bonds is 9. The average molecular weight is 515 g/mol. The fourth-order valence-electron chi connectivity index (χ4n) is 3.64. The summed E-state index contributed by atoms with van der Waals surface area (Å²) in [5.41, 5.74) is 1.36. The molecule has 0 radical (unpaired) electrons. The first-order valence-electron chi connectivity index (χ1n) is 12.2. The number of amides is 1. The molecule has 11 heteroatoms. The van der Waals surface area contributed by atoms with Gasteiger partial charge in [0.05, 0.1) is 31.2 Å². The Morgan fingerprint density at radius 1 is 1.22 bits per heavy atom. The van der Waals surface area contributed by atoms with Crippen molar-refractivity contribution in [3.63, 3.8) is 0 Å². The number of ether oxygens (including phenoxy) is 3. The van der Waals surface area contributed by atoms with Gasteiger partial charge in [-0.2, -0.15) is 4.98 Å². The van der Waals surface area contributed by atoms with Crippen LogP contribution in [0.1, 0.15) is 46.4 Å². The fraction of sp³-hybridized carbons (Fsp3) is 0.560. The highest BCUT2D eigenvalue weighted by Gasteiger charge is 2.28. The van der Waals surface area contributed by atoms with Crippen molar-refractivity contribution >= 4 is 19.8 Å². The minimum Gasteiger partial charge on any atom is -0.494 e. The zero-order valence-electron chi connectivity index (χ0n) is 22.8. The summed E-state index contributed by atoms with van der Waals surface area (Å²) >= 11 is 0. The SMILES string of the molecule is CCN(C(=O)O[C@H](C)c1cc(-c2nc(OCC[Si](C)(C)C)c3nccn3n2)c(OC)cn1)C(C)(C)C. The number of aromatic nitrogens is 5. The summed E-state index contributed by atoms with van der Waals surface area (Å²) in [5, 5.41) is 4.61. The van der Waals surface area contributed by atoms with Gasteiger partial charge in [-0.25, -0.2) is 14.3 Å². The third-order valence-electron chi connectivity index (χ3n) is 5.70. The van der Waals surface area contributed by atoms with Crippen LogP contribution in [0.2, 0.25) is 25.7 Å². The maximum atomic E-state index is 12.8. The van der Waals surface area contributed by atoms with Crippen LogP contribution in [0.15, 0.2) is 24.7 Å².